The van der Waals surface area contributed by atoms with Crippen LogP contribution in [0, 0.1) is 29.4 Å². The molecule has 1 aromatic rings. The van der Waals surface area contributed by atoms with Crippen LogP contribution in [0.4, 0.5) is 14.5 Å². The van der Waals surface area contributed by atoms with E-state index in [4.69, 9.17) is 0 Å². The van der Waals surface area contributed by atoms with E-state index < -0.39 is 11.6 Å². The molecule has 0 unspecified atom stereocenters. The molecule has 0 atom stereocenters. The second-order valence-electron chi connectivity index (χ2n) is 7.51. The minimum Gasteiger partial charge on any atom is -0.247 e. The van der Waals surface area contributed by atoms with Crippen molar-refractivity contribution in [3.63, 3.8) is 0 Å². The van der Waals surface area contributed by atoms with Crippen LogP contribution in [0.25, 0.3) is 0 Å². The number of nitrogens with zero attached hydrogens (tertiary/aromatic N) is 1. The zero-order valence-electron chi connectivity index (χ0n) is 14.2. The Kier molecular flexibility index (Phi) is 6.31. The topological polar surface area (TPSA) is 12.4 Å². The first-order valence-corrected chi connectivity index (χ1v) is 9.78. The summed E-state index contributed by atoms with van der Waals surface area (Å²) in [5.74, 6) is 0.825. The Morgan fingerprint density at radius 1 is 0.917 bits per heavy atom. The molecule has 0 aromatic heterocycles. The lowest BCUT2D eigenvalue weighted by atomic mass is 9.70. The molecule has 0 bridgehead atoms. The van der Waals surface area contributed by atoms with Crippen molar-refractivity contribution >= 4 is 23.4 Å². The van der Waals surface area contributed by atoms with Crippen LogP contribution in [0.15, 0.2) is 23.2 Å². The standard InChI is InChI=1S/C20H27F2NS/c21-18-11-10-17(13-19(18)22)23-20(24)12-14-6-8-16(9-7-14)15-4-2-1-3-5-15/h10-11,13-16H,1-9,12H2,(H,23,24)/t14-,16+. The average Bonchev–Trinajstić information content (AvgIpc) is 2.59. The number of hydrogen-bond acceptors (Lipinski definition) is 1. The van der Waals surface area contributed by atoms with Crippen LogP contribution in [-0.4, -0.2) is 5.04 Å². The van der Waals surface area contributed by atoms with E-state index in [2.05, 4.69) is 17.6 Å². The molecule has 0 saturated heterocycles. The van der Waals surface area contributed by atoms with Crippen molar-refractivity contribution in [1.82, 2.24) is 0 Å². The van der Waals surface area contributed by atoms with Crippen molar-refractivity contribution in [2.45, 2.75) is 64.2 Å². The van der Waals surface area contributed by atoms with Crippen LogP contribution in [0.5, 0.6) is 0 Å². The predicted molar refractivity (Wildman–Crippen MR) is 99.1 cm³/mol. The van der Waals surface area contributed by atoms with E-state index in [9.17, 15) is 8.78 Å². The molecule has 2 fully saturated rings. The van der Waals surface area contributed by atoms with Crippen LogP contribution in [-0.2, 0) is 0 Å². The van der Waals surface area contributed by atoms with Crippen LogP contribution in [0.1, 0.15) is 64.2 Å². The summed E-state index contributed by atoms with van der Waals surface area (Å²) >= 11 is 4.47. The minimum atomic E-state index is -0.856. The maximum absolute atomic E-state index is 13.2. The summed E-state index contributed by atoms with van der Waals surface area (Å²) in [5, 5.41) is 0.724. The smallest absolute Gasteiger partial charge is 0.160 e. The van der Waals surface area contributed by atoms with E-state index >= 15 is 0 Å². The summed E-state index contributed by atoms with van der Waals surface area (Å²) in [6, 6.07) is 3.74. The predicted octanol–water partition coefficient (Wildman–Crippen LogP) is 6.70. The van der Waals surface area contributed by atoms with E-state index in [1.165, 1.54) is 63.9 Å². The summed E-state index contributed by atoms with van der Waals surface area (Å²) in [4.78, 5) is 4.34. The third-order valence-electron chi connectivity index (χ3n) is 5.84. The summed E-state index contributed by atoms with van der Waals surface area (Å²) in [6.07, 6.45) is 13.2. The molecule has 0 aliphatic heterocycles. The van der Waals surface area contributed by atoms with Gasteiger partial charge in [0.25, 0.3) is 0 Å². The summed E-state index contributed by atoms with van der Waals surface area (Å²) in [6.45, 7) is 0. The van der Waals surface area contributed by atoms with E-state index in [0.29, 0.717) is 11.6 Å². The maximum Gasteiger partial charge on any atom is 0.160 e. The van der Waals surface area contributed by atoms with E-state index in [0.717, 1.165) is 35.4 Å². The fourth-order valence-corrected chi connectivity index (χ4v) is 4.85. The Balaban J connectivity index is 1.49. The molecule has 0 radical (unpaired) electrons. The molecule has 132 valence electrons. The normalized spacial score (nSPS) is 26.5. The van der Waals surface area contributed by atoms with Gasteiger partial charge < -0.3 is 0 Å². The summed E-state index contributed by atoms with van der Waals surface area (Å²) < 4.78 is 26.2. The molecule has 0 heterocycles. The quantitative estimate of drug-likeness (QED) is 0.352. The van der Waals surface area contributed by atoms with Gasteiger partial charge in [-0.3, -0.25) is 0 Å². The zero-order valence-corrected chi connectivity index (χ0v) is 15.1. The molecule has 0 N–H and O–H groups in total. The van der Waals surface area contributed by atoms with Crippen LogP contribution in [0.2, 0.25) is 0 Å². The number of aliphatic imine (C=N–C) groups is 1. The number of benzene rings is 1. The fourth-order valence-electron chi connectivity index (χ4n) is 4.48. The number of thiol groups is 1. The van der Waals surface area contributed by atoms with Crippen molar-refractivity contribution in [3.05, 3.63) is 29.8 Å². The Hall–Kier alpha value is -0.900. The van der Waals surface area contributed by atoms with Crippen LogP contribution < -0.4 is 0 Å². The lowest BCUT2D eigenvalue weighted by Gasteiger charge is -2.35. The third kappa shape index (κ3) is 4.81. The van der Waals surface area contributed by atoms with E-state index in [1.54, 1.807) is 0 Å². The van der Waals surface area contributed by atoms with Gasteiger partial charge in [0.15, 0.2) is 11.6 Å². The molecule has 2 aliphatic rings. The lowest BCUT2D eigenvalue weighted by Crippen LogP contribution is -2.24. The molecule has 1 nitrogen and oxygen atoms in total. The Bertz CT molecular complexity index is 573. The maximum atomic E-state index is 13.2. The Labute approximate surface area is 149 Å². The van der Waals surface area contributed by atoms with E-state index in [-0.39, 0.29) is 0 Å². The van der Waals surface area contributed by atoms with Gasteiger partial charge in [0, 0.05) is 6.07 Å². The third-order valence-corrected chi connectivity index (χ3v) is 6.12. The summed E-state index contributed by atoms with van der Waals surface area (Å²) in [7, 11) is 0. The van der Waals surface area contributed by atoms with E-state index in [1.807, 2.05) is 0 Å². The molecule has 2 aliphatic carbocycles. The van der Waals surface area contributed by atoms with Crippen molar-refractivity contribution < 1.29 is 8.78 Å². The first-order valence-electron chi connectivity index (χ1n) is 9.33. The van der Waals surface area contributed by atoms with Gasteiger partial charge in [-0.05, 0) is 62.0 Å². The molecule has 4 heteroatoms. The molecule has 24 heavy (non-hydrogen) atoms. The van der Waals surface area contributed by atoms with Gasteiger partial charge in [-0.15, -0.1) is 12.6 Å². The Morgan fingerprint density at radius 3 is 2.25 bits per heavy atom. The van der Waals surface area contributed by atoms with Gasteiger partial charge >= 0.3 is 0 Å². The van der Waals surface area contributed by atoms with Gasteiger partial charge in [-0.2, -0.15) is 0 Å². The van der Waals surface area contributed by atoms with Crippen molar-refractivity contribution in [1.29, 1.82) is 0 Å². The van der Waals surface area contributed by atoms with Gasteiger partial charge in [0.1, 0.15) is 0 Å². The largest absolute Gasteiger partial charge is 0.247 e. The summed E-state index contributed by atoms with van der Waals surface area (Å²) in [5.41, 5.74) is 0.440. The molecule has 1 aromatic carbocycles. The van der Waals surface area contributed by atoms with Gasteiger partial charge in [0.2, 0.25) is 0 Å². The van der Waals surface area contributed by atoms with Crippen molar-refractivity contribution in [2.24, 2.45) is 22.7 Å². The molecule has 0 amide bonds. The number of halogens is 2. The average molecular weight is 352 g/mol. The first kappa shape index (κ1) is 17.9. The van der Waals surface area contributed by atoms with Gasteiger partial charge in [-0.25, -0.2) is 13.8 Å². The second-order valence-corrected chi connectivity index (χ2v) is 8.03. The monoisotopic (exact) mass is 351 g/mol. The molecular formula is C20H27F2NS. The zero-order chi connectivity index (χ0) is 16.9. The lowest BCUT2D eigenvalue weighted by molar-refractivity contribution is 0.169. The van der Waals surface area contributed by atoms with Gasteiger partial charge in [0.05, 0.1) is 10.7 Å². The SMILES string of the molecule is Fc1ccc(N=C(S)C[C@H]2CC[C@@H](C3CCCCC3)CC2)cc1F. The number of hydrogen-bond donors (Lipinski definition) is 1. The molecular weight excluding hydrogens is 324 g/mol. The van der Waals surface area contributed by atoms with Crippen LogP contribution >= 0.6 is 12.6 Å². The molecule has 2 saturated carbocycles. The van der Waals surface area contributed by atoms with Gasteiger partial charge in [-0.1, -0.05) is 32.1 Å². The highest BCUT2D eigenvalue weighted by atomic mass is 32.1. The van der Waals surface area contributed by atoms with Crippen molar-refractivity contribution in [2.75, 3.05) is 0 Å². The fraction of sp³-hybridized carbons (Fsp3) is 0.650. The molecule has 0 spiro atoms. The Morgan fingerprint density at radius 2 is 1.58 bits per heavy atom. The van der Waals surface area contributed by atoms with Crippen molar-refractivity contribution in [3.8, 4) is 0 Å². The first-order chi connectivity index (χ1) is 11.6. The highest BCUT2D eigenvalue weighted by Gasteiger charge is 2.28. The highest BCUT2D eigenvalue weighted by molar-refractivity contribution is 7.97. The number of rotatable bonds is 4. The van der Waals surface area contributed by atoms with Crippen LogP contribution in [0.3, 0.4) is 0 Å². The molecule has 3 rings (SSSR count). The highest BCUT2D eigenvalue weighted by Crippen LogP contribution is 2.41. The second kappa shape index (κ2) is 8.46. The minimum absolute atomic E-state index is 0.440.